The van der Waals surface area contributed by atoms with Crippen LogP contribution in [0.2, 0.25) is 0 Å². The molecule has 0 radical (unpaired) electrons. The van der Waals surface area contributed by atoms with Gasteiger partial charge in [0.25, 0.3) is 0 Å². The Morgan fingerprint density at radius 2 is 1.77 bits per heavy atom. The van der Waals surface area contributed by atoms with Gasteiger partial charge in [0.2, 0.25) is 5.91 Å². The van der Waals surface area contributed by atoms with Crippen LogP contribution in [0.1, 0.15) is 5.56 Å². The van der Waals surface area contributed by atoms with Crippen molar-refractivity contribution in [3.63, 3.8) is 0 Å². The van der Waals surface area contributed by atoms with Gasteiger partial charge in [0.1, 0.15) is 5.75 Å². The normalized spacial score (nSPS) is 14.9. The highest BCUT2D eigenvalue weighted by atomic mass is 16.5. The average molecular weight is 353 g/mol. The van der Waals surface area contributed by atoms with Crippen molar-refractivity contribution >= 4 is 11.6 Å². The van der Waals surface area contributed by atoms with Crippen molar-refractivity contribution in [3.8, 4) is 5.75 Å². The van der Waals surface area contributed by atoms with Crippen LogP contribution in [0.4, 0.5) is 5.69 Å². The summed E-state index contributed by atoms with van der Waals surface area (Å²) < 4.78 is 5.25. The van der Waals surface area contributed by atoms with E-state index in [1.54, 1.807) is 12.0 Å². The molecule has 0 spiro atoms. The van der Waals surface area contributed by atoms with Gasteiger partial charge in [0.05, 0.1) is 13.7 Å². The number of amides is 1. The number of nitrogens with zero attached hydrogens (tertiary/aromatic N) is 3. The third-order valence-electron chi connectivity index (χ3n) is 4.83. The summed E-state index contributed by atoms with van der Waals surface area (Å²) in [5.41, 5.74) is 2.34. The quantitative estimate of drug-likeness (QED) is 0.799. The minimum atomic E-state index is 0.154. The fourth-order valence-corrected chi connectivity index (χ4v) is 3.25. The largest absolute Gasteiger partial charge is 0.497 e. The van der Waals surface area contributed by atoms with E-state index in [4.69, 9.17) is 4.74 Å². The van der Waals surface area contributed by atoms with Crippen molar-refractivity contribution in [2.75, 3.05) is 51.8 Å². The molecule has 1 heterocycles. The number of carbonyl (C=O) groups excluding carboxylic acids is 1. The lowest BCUT2D eigenvalue weighted by Crippen LogP contribution is -2.49. The van der Waals surface area contributed by atoms with Crippen molar-refractivity contribution < 1.29 is 9.53 Å². The van der Waals surface area contributed by atoms with Crippen molar-refractivity contribution in [3.05, 3.63) is 60.2 Å². The Bertz CT molecular complexity index is 712. The predicted octanol–water partition coefficient (Wildman–Crippen LogP) is 2.48. The van der Waals surface area contributed by atoms with Crippen LogP contribution < -0.4 is 9.64 Å². The fourth-order valence-electron chi connectivity index (χ4n) is 3.25. The van der Waals surface area contributed by atoms with E-state index in [0.29, 0.717) is 13.1 Å². The molecular weight excluding hydrogens is 326 g/mol. The molecule has 2 aromatic rings. The molecule has 0 aromatic heterocycles. The molecule has 0 atom stereocenters. The first-order valence-corrected chi connectivity index (χ1v) is 9.05. The number of anilines is 1. The van der Waals surface area contributed by atoms with Gasteiger partial charge in [-0.2, -0.15) is 0 Å². The molecule has 5 nitrogen and oxygen atoms in total. The van der Waals surface area contributed by atoms with Gasteiger partial charge in [-0.3, -0.25) is 9.69 Å². The predicted molar refractivity (Wildman–Crippen MR) is 105 cm³/mol. The molecule has 1 fully saturated rings. The second kappa shape index (κ2) is 8.72. The molecule has 0 saturated carbocycles. The highest BCUT2D eigenvalue weighted by molar-refractivity contribution is 5.78. The van der Waals surface area contributed by atoms with E-state index in [1.807, 2.05) is 37.4 Å². The topological polar surface area (TPSA) is 36.0 Å². The Hall–Kier alpha value is -2.53. The Balaban J connectivity index is 1.47. The number of piperazine rings is 1. The number of hydrogen-bond donors (Lipinski definition) is 0. The van der Waals surface area contributed by atoms with Crippen LogP contribution in [0.3, 0.4) is 0 Å². The third kappa shape index (κ3) is 4.76. The monoisotopic (exact) mass is 353 g/mol. The number of para-hydroxylation sites is 1. The number of benzene rings is 2. The van der Waals surface area contributed by atoms with Gasteiger partial charge >= 0.3 is 0 Å². The highest BCUT2D eigenvalue weighted by Gasteiger charge is 2.20. The highest BCUT2D eigenvalue weighted by Crippen LogP contribution is 2.16. The lowest BCUT2D eigenvalue weighted by atomic mass is 10.2. The zero-order valence-corrected chi connectivity index (χ0v) is 15.6. The van der Waals surface area contributed by atoms with Gasteiger partial charge in [-0.05, 0) is 29.8 Å². The van der Waals surface area contributed by atoms with E-state index in [9.17, 15) is 4.79 Å². The molecule has 5 heteroatoms. The van der Waals surface area contributed by atoms with Crippen LogP contribution in [0.25, 0.3) is 0 Å². The van der Waals surface area contributed by atoms with Gasteiger partial charge in [0, 0.05) is 45.5 Å². The van der Waals surface area contributed by atoms with Crippen LogP contribution in [0, 0.1) is 0 Å². The van der Waals surface area contributed by atoms with Gasteiger partial charge in [-0.25, -0.2) is 0 Å². The van der Waals surface area contributed by atoms with Crippen LogP contribution in [0.15, 0.2) is 54.6 Å². The molecule has 3 rings (SSSR count). The summed E-state index contributed by atoms with van der Waals surface area (Å²) in [7, 11) is 3.52. The second-order valence-electron chi connectivity index (χ2n) is 6.70. The van der Waals surface area contributed by atoms with Crippen LogP contribution in [-0.2, 0) is 11.3 Å². The third-order valence-corrected chi connectivity index (χ3v) is 4.83. The molecule has 1 aliphatic heterocycles. The van der Waals surface area contributed by atoms with Crippen molar-refractivity contribution in [1.82, 2.24) is 9.80 Å². The second-order valence-corrected chi connectivity index (χ2v) is 6.70. The molecule has 0 N–H and O–H groups in total. The van der Waals surface area contributed by atoms with Crippen molar-refractivity contribution in [1.29, 1.82) is 0 Å². The lowest BCUT2D eigenvalue weighted by Gasteiger charge is -2.36. The van der Waals surface area contributed by atoms with Crippen LogP contribution in [-0.4, -0.2) is 62.6 Å². The number of hydrogen-bond acceptors (Lipinski definition) is 4. The zero-order valence-electron chi connectivity index (χ0n) is 15.6. The number of likely N-dealkylation sites (N-methyl/N-ethyl adjacent to an activating group) is 1. The van der Waals surface area contributed by atoms with Gasteiger partial charge in [0.15, 0.2) is 0 Å². The first kappa shape index (κ1) is 18.3. The molecule has 1 saturated heterocycles. The number of rotatable bonds is 6. The van der Waals surface area contributed by atoms with E-state index in [0.717, 1.165) is 37.5 Å². The Kier molecular flexibility index (Phi) is 6.12. The lowest BCUT2D eigenvalue weighted by molar-refractivity contribution is -0.131. The maximum Gasteiger partial charge on any atom is 0.236 e. The Labute approximate surface area is 155 Å². The Morgan fingerprint density at radius 1 is 1.04 bits per heavy atom. The molecule has 0 aliphatic carbocycles. The van der Waals surface area contributed by atoms with E-state index in [1.165, 1.54) is 5.69 Å². The average Bonchev–Trinajstić information content (AvgIpc) is 2.69. The summed E-state index contributed by atoms with van der Waals surface area (Å²) in [6, 6.07) is 18.3. The summed E-state index contributed by atoms with van der Waals surface area (Å²) in [6.07, 6.45) is 0. The molecule has 0 bridgehead atoms. The zero-order chi connectivity index (χ0) is 18.4. The Morgan fingerprint density at radius 3 is 2.46 bits per heavy atom. The maximum absolute atomic E-state index is 12.6. The van der Waals surface area contributed by atoms with Crippen LogP contribution >= 0.6 is 0 Å². The minimum Gasteiger partial charge on any atom is -0.497 e. The molecule has 1 aliphatic rings. The standard InChI is InChI=1S/C21H27N3O2/c1-22(16-18-7-6-10-20(15-18)26-2)21(25)17-23-11-13-24(14-12-23)19-8-4-3-5-9-19/h3-10,15H,11-14,16-17H2,1-2H3. The fraction of sp³-hybridized carbons (Fsp3) is 0.381. The van der Waals surface area contributed by atoms with Crippen LogP contribution in [0.5, 0.6) is 5.75 Å². The summed E-state index contributed by atoms with van der Waals surface area (Å²) in [6.45, 7) is 4.80. The minimum absolute atomic E-state index is 0.154. The SMILES string of the molecule is COc1cccc(CN(C)C(=O)CN2CCN(c3ccccc3)CC2)c1. The molecule has 26 heavy (non-hydrogen) atoms. The molecule has 138 valence electrons. The summed E-state index contributed by atoms with van der Waals surface area (Å²) in [5.74, 6) is 0.973. The summed E-state index contributed by atoms with van der Waals surface area (Å²) in [5, 5.41) is 0. The maximum atomic E-state index is 12.6. The van der Waals surface area contributed by atoms with Gasteiger partial charge in [-0.1, -0.05) is 30.3 Å². The molecule has 1 amide bonds. The summed E-state index contributed by atoms with van der Waals surface area (Å²) >= 11 is 0. The number of carbonyl (C=O) groups is 1. The molecular formula is C21H27N3O2. The first-order chi connectivity index (χ1) is 12.7. The van der Waals surface area contributed by atoms with Crippen molar-refractivity contribution in [2.24, 2.45) is 0 Å². The van der Waals surface area contributed by atoms with Gasteiger partial charge in [-0.15, -0.1) is 0 Å². The van der Waals surface area contributed by atoms with Gasteiger partial charge < -0.3 is 14.5 Å². The number of ether oxygens (including phenoxy) is 1. The molecule has 0 unspecified atom stereocenters. The summed E-state index contributed by atoms with van der Waals surface area (Å²) in [4.78, 5) is 19.0. The first-order valence-electron chi connectivity index (χ1n) is 9.05. The van der Waals surface area contributed by atoms with E-state index < -0.39 is 0 Å². The van der Waals surface area contributed by atoms with E-state index in [2.05, 4.69) is 34.1 Å². The van der Waals surface area contributed by atoms with Crippen molar-refractivity contribution in [2.45, 2.75) is 6.54 Å². The molecule has 2 aromatic carbocycles. The van der Waals surface area contributed by atoms with E-state index in [-0.39, 0.29) is 5.91 Å². The smallest absolute Gasteiger partial charge is 0.236 e. The number of methoxy groups -OCH3 is 1. The van der Waals surface area contributed by atoms with E-state index >= 15 is 0 Å².